The maximum absolute atomic E-state index is 10.9. The molecule has 3 N–H and O–H groups in total. The Kier molecular flexibility index (Phi) is 8.76. The van der Waals surface area contributed by atoms with Crippen LogP contribution < -0.4 is 10.2 Å². The van der Waals surface area contributed by atoms with E-state index in [0.717, 1.165) is 60.5 Å². The largest absolute Gasteiger partial charge is 0.481 e. The Morgan fingerprint density at radius 3 is 2.68 bits per heavy atom. The van der Waals surface area contributed by atoms with Gasteiger partial charge in [-0.05, 0) is 32.4 Å². The van der Waals surface area contributed by atoms with Gasteiger partial charge in [0, 0.05) is 55.6 Å². The van der Waals surface area contributed by atoms with Gasteiger partial charge in [0.2, 0.25) is 0 Å². The minimum atomic E-state index is -1.05. The third-order valence-corrected chi connectivity index (χ3v) is 9.33. The zero-order valence-electron chi connectivity index (χ0n) is 21.2. The molecule has 0 bridgehead atoms. The van der Waals surface area contributed by atoms with Crippen LogP contribution in [0.2, 0.25) is 5.02 Å². The standard InChI is InChI=1S/C25H32ClN7O3S2/c1-16-3-2-5-33(16)14-20-23(19-11-17(26)15-37-19)29-25(38-20)30-24(36)18-12-28-21(13-27-18)32-9-7-31(8-10-32)6-4-22(34)35/h11-13,15-16,24,36H,2-10,14H2,1H3,(H,29,30)(H,34,35)/t16-,24?/m1/s1. The maximum atomic E-state index is 10.9. The topological polar surface area (TPSA) is 118 Å². The number of rotatable bonds is 10. The fraction of sp³-hybridized carbons (Fsp3) is 0.520. The number of hydrogen-bond acceptors (Lipinski definition) is 11. The van der Waals surface area contributed by atoms with E-state index < -0.39 is 12.2 Å². The lowest BCUT2D eigenvalue weighted by molar-refractivity contribution is -0.137. The SMILES string of the molecule is C[C@@H]1CCCN1Cc1sc(NC(O)c2cnc(N3CCN(CCC(=O)O)CC3)cn2)nc1-c1cc(Cl)cs1. The fourth-order valence-corrected chi connectivity index (χ4v) is 7.02. The van der Waals surface area contributed by atoms with E-state index >= 15 is 0 Å². The predicted octanol–water partition coefficient (Wildman–Crippen LogP) is 4.00. The number of likely N-dealkylation sites (tertiary alicyclic amines) is 1. The second-order valence-corrected chi connectivity index (χ2v) is 12.1. The van der Waals surface area contributed by atoms with Gasteiger partial charge in [-0.25, -0.2) is 9.97 Å². The monoisotopic (exact) mass is 577 g/mol. The van der Waals surface area contributed by atoms with Crippen LogP contribution in [0, 0.1) is 0 Å². The highest BCUT2D eigenvalue weighted by molar-refractivity contribution is 7.17. The van der Waals surface area contributed by atoms with Gasteiger partial charge in [0.05, 0.1) is 34.4 Å². The molecule has 1 unspecified atom stereocenters. The van der Waals surface area contributed by atoms with Crippen molar-refractivity contribution in [3.63, 3.8) is 0 Å². The molecule has 3 aromatic heterocycles. The lowest BCUT2D eigenvalue weighted by Gasteiger charge is -2.35. The van der Waals surface area contributed by atoms with E-state index in [1.165, 1.54) is 12.8 Å². The second kappa shape index (κ2) is 12.2. The molecule has 0 aromatic carbocycles. The third kappa shape index (κ3) is 6.61. The van der Waals surface area contributed by atoms with Gasteiger partial charge in [0.1, 0.15) is 11.5 Å². The lowest BCUT2D eigenvalue weighted by atomic mass is 10.2. The first-order chi connectivity index (χ1) is 18.4. The summed E-state index contributed by atoms with van der Waals surface area (Å²) in [6, 6.07) is 2.48. The number of aliphatic hydroxyl groups excluding tert-OH is 1. The molecular weight excluding hydrogens is 546 g/mol. The van der Waals surface area contributed by atoms with Crippen LogP contribution in [-0.2, 0) is 11.3 Å². The number of aliphatic hydroxyl groups is 1. The number of piperazine rings is 1. The molecule has 2 fully saturated rings. The number of nitrogens with zero attached hydrogens (tertiary/aromatic N) is 6. The van der Waals surface area contributed by atoms with Crippen molar-refractivity contribution >= 4 is 51.2 Å². The molecule has 0 spiro atoms. The summed E-state index contributed by atoms with van der Waals surface area (Å²) in [7, 11) is 0. The molecule has 3 aromatic rings. The third-order valence-electron chi connectivity index (χ3n) is 7.07. The Morgan fingerprint density at radius 1 is 1.24 bits per heavy atom. The van der Waals surface area contributed by atoms with E-state index in [0.29, 0.717) is 28.4 Å². The summed E-state index contributed by atoms with van der Waals surface area (Å²) in [5, 5.41) is 26.1. The van der Waals surface area contributed by atoms with Crippen LogP contribution in [0.3, 0.4) is 0 Å². The van der Waals surface area contributed by atoms with Crippen LogP contribution in [0.25, 0.3) is 10.6 Å². The van der Waals surface area contributed by atoms with Gasteiger partial charge in [0.15, 0.2) is 11.4 Å². The van der Waals surface area contributed by atoms with Gasteiger partial charge in [-0.1, -0.05) is 22.9 Å². The first-order valence-corrected chi connectivity index (χ1v) is 14.9. The summed E-state index contributed by atoms with van der Waals surface area (Å²) in [4.78, 5) is 33.5. The maximum Gasteiger partial charge on any atom is 0.304 e. The molecule has 5 heterocycles. The van der Waals surface area contributed by atoms with Crippen molar-refractivity contribution in [2.75, 3.05) is 49.5 Å². The minimum absolute atomic E-state index is 0.153. The summed E-state index contributed by atoms with van der Waals surface area (Å²) in [5.74, 6) is -0.0321. The Bertz CT molecular complexity index is 1230. The van der Waals surface area contributed by atoms with Crippen molar-refractivity contribution in [1.82, 2.24) is 24.8 Å². The average molecular weight is 578 g/mol. The van der Waals surface area contributed by atoms with Crippen LogP contribution in [0.5, 0.6) is 0 Å². The number of thiophene rings is 1. The molecule has 38 heavy (non-hydrogen) atoms. The molecule has 2 aliphatic rings. The van der Waals surface area contributed by atoms with Gasteiger partial charge in [0.25, 0.3) is 0 Å². The second-order valence-electron chi connectivity index (χ2n) is 9.70. The molecule has 0 radical (unpaired) electrons. The van der Waals surface area contributed by atoms with Crippen LogP contribution in [0.4, 0.5) is 10.9 Å². The number of nitrogens with one attached hydrogen (secondary N) is 1. The minimum Gasteiger partial charge on any atom is -0.481 e. The number of anilines is 2. The average Bonchev–Trinajstić information content (AvgIpc) is 3.63. The number of carboxylic acid groups (broad SMARTS) is 1. The number of carboxylic acids is 1. The Balaban J connectivity index is 1.23. The normalized spacial score (nSPS) is 19.7. The molecule has 5 rings (SSSR count). The zero-order chi connectivity index (χ0) is 26.6. The Morgan fingerprint density at radius 2 is 2.05 bits per heavy atom. The molecule has 0 amide bonds. The first-order valence-electron chi connectivity index (χ1n) is 12.8. The van der Waals surface area contributed by atoms with E-state index in [4.69, 9.17) is 21.7 Å². The molecule has 13 heteroatoms. The molecule has 0 saturated carbocycles. The highest BCUT2D eigenvalue weighted by Crippen LogP contribution is 2.38. The van der Waals surface area contributed by atoms with Gasteiger partial charge >= 0.3 is 5.97 Å². The molecule has 204 valence electrons. The summed E-state index contributed by atoms with van der Waals surface area (Å²) < 4.78 is 0. The molecule has 10 nitrogen and oxygen atoms in total. The molecule has 0 aliphatic carbocycles. The van der Waals surface area contributed by atoms with Gasteiger partial charge in [-0.3, -0.25) is 19.6 Å². The highest BCUT2D eigenvalue weighted by atomic mass is 35.5. The van der Waals surface area contributed by atoms with Crippen molar-refractivity contribution in [2.45, 2.75) is 45.0 Å². The highest BCUT2D eigenvalue weighted by Gasteiger charge is 2.25. The number of thiazole rings is 1. The van der Waals surface area contributed by atoms with E-state index in [1.54, 1.807) is 35.1 Å². The summed E-state index contributed by atoms with van der Waals surface area (Å²) in [6.07, 6.45) is 4.78. The molecule has 2 aliphatic heterocycles. The summed E-state index contributed by atoms with van der Waals surface area (Å²) in [6.45, 7) is 7.78. The first kappa shape index (κ1) is 27.2. The number of halogens is 1. The van der Waals surface area contributed by atoms with Gasteiger partial charge in [-0.15, -0.1) is 11.3 Å². The van der Waals surface area contributed by atoms with E-state index in [9.17, 15) is 9.90 Å². The van der Waals surface area contributed by atoms with Crippen molar-refractivity contribution in [3.05, 3.63) is 39.4 Å². The van der Waals surface area contributed by atoms with E-state index in [1.807, 2.05) is 11.4 Å². The Hall–Kier alpha value is -2.35. The summed E-state index contributed by atoms with van der Waals surface area (Å²) >= 11 is 9.33. The van der Waals surface area contributed by atoms with Crippen molar-refractivity contribution < 1.29 is 15.0 Å². The lowest BCUT2D eigenvalue weighted by Crippen LogP contribution is -2.47. The number of carbonyl (C=O) groups is 1. The smallest absolute Gasteiger partial charge is 0.304 e. The quantitative estimate of drug-likeness (QED) is 0.305. The number of aliphatic carboxylic acids is 1. The molecule has 2 atom stereocenters. The van der Waals surface area contributed by atoms with Crippen LogP contribution >= 0.6 is 34.3 Å². The number of aromatic nitrogens is 3. The van der Waals surface area contributed by atoms with E-state index in [2.05, 4.69) is 36.9 Å². The summed E-state index contributed by atoms with van der Waals surface area (Å²) in [5.41, 5.74) is 1.32. The van der Waals surface area contributed by atoms with Crippen molar-refractivity contribution in [1.29, 1.82) is 0 Å². The molecule has 2 saturated heterocycles. The van der Waals surface area contributed by atoms with E-state index in [-0.39, 0.29) is 6.42 Å². The fourth-order valence-electron chi connectivity index (χ4n) is 4.84. The van der Waals surface area contributed by atoms with Gasteiger partial charge < -0.3 is 20.4 Å². The van der Waals surface area contributed by atoms with Crippen LogP contribution in [0.15, 0.2) is 23.8 Å². The number of hydrogen-bond donors (Lipinski definition) is 3. The molecular formula is C25H32ClN7O3S2. The van der Waals surface area contributed by atoms with Crippen LogP contribution in [0.1, 0.15) is 43.0 Å². The zero-order valence-corrected chi connectivity index (χ0v) is 23.6. The Labute approximate surface area is 234 Å². The van der Waals surface area contributed by atoms with Gasteiger partial charge in [-0.2, -0.15) is 0 Å². The predicted molar refractivity (Wildman–Crippen MR) is 151 cm³/mol. The van der Waals surface area contributed by atoms with Crippen molar-refractivity contribution in [3.8, 4) is 10.6 Å². The van der Waals surface area contributed by atoms with Crippen LogP contribution in [-0.4, -0.2) is 86.2 Å². The van der Waals surface area contributed by atoms with Crippen molar-refractivity contribution in [2.24, 2.45) is 0 Å².